The molecule has 0 atom stereocenters. The lowest BCUT2D eigenvalue weighted by molar-refractivity contribution is 0.660. The number of fused-ring (bicyclic) bond motifs is 10. The molecule has 2 nitrogen and oxygen atoms in total. The van der Waals surface area contributed by atoms with Gasteiger partial charge in [0.05, 0.1) is 11.1 Å². The molecule has 0 saturated heterocycles. The average molecular weight is 818 g/mol. The molecule has 13 rings (SSSR count). The standard InChI is InChI=1S/C62H43NO/c1-61(2)54-29-14-11-24-46(54)48-34-32-44(38-56(48)61)63(58-31-16-13-26-50(58)51-27-17-28-52-53-36-40-18-9-10-19-41(40)37-59(53)64-60(51)52)45-33-35-49-47-25-12-15-30-55(47)62(57(49)39-45,42-20-5-3-6-21-42)43-22-7-4-8-23-43/h3-39H,1-2H3. The number of hydrogen-bond donors (Lipinski definition) is 0. The summed E-state index contributed by atoms with van der Waals surface area (Å²) in [5, 5.41) is 4.62. The minimum atomic E-state index is -0.541. The van der Waals surface area contributed by atoms with Gasteiger partial charge in [-0.2, -0.15) is 0 Å². The predicted octanol–water partition coefficient (Wildman–Crippen LogP) is 16.5. The van der Waals surface area contributed by atoms with E-state index in [1.54, 1.807) is 0 Å². The molecule has 0 aliphatic heterocycles. The molecule has 1 aromatic heterocycles. The van der Waals surface area contributed by atoms with E-state index in [2.05, 4.69) is 243 Å². The fraction of sp³-hybridized carbons (Fsp3) is 0.0645. The van der Waals surface area contributed by atoms with Crippen LogP contribution in [0.2, 0.25) is 0 Å². The van der Waals surface area contributed by atoms with E-state index in [9.17, 15) is 0 Å². The third-order valence-electron chi connectivity index (χ3n) is 14.3. The predicted molar refractivity (Wildman–Crippen MR) is 266 cm³/mol. The van der Waals surface area contributed by atoms with E-state index in [4.69, 9.17) is 4.42 Å². The first-order valence-electron chi connectivity index (χ1n) is 22.3. The molecule has 0 amide bonds. The Bertz CT molecular complexity index is 3610. The molecule has 0 bridgehead atoms. The van der Waals surface area contributed by atoms with Gasteiger partial charge in [-0.15, -0.1) is 0 Å². The highest BCUT2D eigenvalue weighted by Crippen LogP contribution is 2.58. The van der Waals surface area contributed by atoms with Gasteiger partial charge < -0.3 is 9.32 Å². The van der Waals surface area contributed by atoms with Crippen LogP contribution in [0.25, 0.3) is 66.1 Å². The Balaban J connectivity index is 1.09. The molecular weight excluding hydrogens is 775 g/mol. The fourth-order valence-electron chi connectivity index (χ4n) is 11.4. The van der Waals surface area contributed by atoms with Gasteiger partial charge in [0.15, 0.2) is 0 Å². The number of furan rings is 1. The van der Waals surface area contributed by atoms with Gasteiger partial charge in [0.2, 0.25) is 0 Å². The van der Waals surface area contributed by atoms with Crippen LogP contribution in [-0.2, 0) is 10.8 Å². The lowest BCUT2D eigenvalue weighted by atomic mass is 9.67. The molecule has 64 heavy (non-hydrogen) atoms. The second-order valence-corrected chi connectivity index (χ2v) is 18.0. The van der Waals surface area contributed by atoms with Crippen LogP contribution in [0.1, 0.15) is 47.2 Å². The van der Waals surface area contributed by atoms with E-state index in [0.29, 0.717) is 0 Å². The summed E-state index contributed by atoms with van der Waals surface area (Å²) in [5.41, 5.74) is 19.4. The number of nitrogens with zero attached hydrogens (tertiary/aromatic N) is 1. The summed E-state index contributed by atoms with van der Waals surface area (Å²) in [6, 6.07) is 82.8. The highest BCUT2D eigenvalue weighted by atomic mass is 16.3. The molecule has 0 unspecified atom stereocenters. The van der Waals surface area contributed by atoms with E-state index < -0.39 is 5.41 Å². The van der Waals surface area contributed by atoms with E-state index in [1.807, 2.05) is 0 Å². The van der Waals surface area contributed by atoms with Crippen molar-refractivity contribution in [1.82, 2.24) is 0 Å². The van der Waals surface area contributed by atoms with Crippen molar-refractivity contribution in [3.05, 3.63) is 258 Å². The molecule has 2 aliphatic carbocycles. The summed E-state index contributed by atoms with van der Waals surface area (Å²) in [5.74, 6) is 0. The van der Waals surface area contributed by atoms with Crippen LogP contribution < -0.4 is 4.90 Å². The highest BCUT2D eigenvalue weighted by molar-refractivity contribution is 6.14. The summed E-state index contributed by atoms with van der Waals surface area (Å²) in [6.45, 7) is 4.73. The normalized spacial score (nSPS) is 14.0. The Hall–Kier alpha value is -7.94. The van der Waals surface area contributed by atoms with E-state index in [-0.39, 0.29) is 5.41 Å². The number of rotatable bonds is 6. The lowest BCUT2D eigenvalue weighted by Crippen LogP contribution is -2.28. The molecule has 0 radical (unpaired) electrons. The first-order valence-corrected chi connectivity index (χ1v) is 22.3. The summed E-state index contributed by atoms with van der Waals surface area (Å²) in [4.78, 5) is 2.49. The summed E-state index contributed by atoms with van der Waals surface area (Å²) in [7, 11) is 0. The molecule has 2 heteroatoms. The number of hydrogen-bond acceptors (Lipinski definition) is 2. The Kier molecular flexibility index (Phi) is 7.90. The zero-order valence-corrected chi connectivity index (χ0v) is 35.7. The second kappa shape index (κ2) is 13.8. The van der Waals surface area contributed by atoms with Gasteiger partial charge in [0.1, 0.15) is 11.2 Å². The maximum atomic E-state index is 6.92. The zero-order valence-electron chi connectivity index (χ0n) is 35.7. The third kappa shape index (κ3) is 5.14. The molecule has 0 fully saturated rings. The van der Waals surface area contributed by atoms with Crippen molar-refractivity contribution in [2.45, 2.75) is 24.7 Å². The van der Waals surface area contributed by atoms with Crippen LogP contribution in [0.4, 0.5) is 17.1 Å². The van der Waals surface area contributed by atoms with Crippen LogP contribution in [0.15, 0.2) is 229 Å². The Morgan fingerprint density at radius 1 is 0.359 bits per heavy atom. The Labute approximate surface area is 373 Å². The Morgan fingerprint density at radius 3 is 1.58 bits per heavy atom. The van der Waals surface area contributed by atoms with E-state index in [1.165, 1.54) is 66.4 Å². The van der Waals surface area contributed by atoms with Gasteiger partial charge in [-0.3, -0.25) is 0 Å². The highest BCUT2D eigenvalue weighted by Gasteiger charge is 2.46. The zero-order chi connectivity index (χ0) is 42.6. The summed E-state index contributed by atoms with van der Waals surface area (Å²) >= 11 is 0. The van der Waals surface area contributed by atoms with Crippen LogP contribution in [0, 0.1) is 0 Å². The monoisotopic (exact) mass is 817 g/mol. The van der Waals surface area contributed by atoms with E-state index in [0.717, 1.165) is 50.1 Å². The summed E-state index contributed by atoms with van der Waals surface area (Å²) in [6.07, 6.45) is 0. The molecule has 0 spiro atoms. The van der Waals surface area contributed by atoms with Gasteiger partial charge in [-0.25, -0.2) is 0 Å². The first kappa shape index (κ1) is 36.7. The third-order valence-corrected chi connectivity index (χ3v) is 14.3. The number of benzene rings is 10. The van der Waals surface area contributed by atoms with Crippen molar-refractivity contribution < 1.29 is 4.42 Å². The number of anilines is 3. The van der Waals surface area contributed by atoms with Gasteiger partial charge >= 0.3 is 0 Å². The maximum Gasteiger partial charge on any atom is 0.143 e. The second-order valence-electron chi connectivity index (χ2n) is 18.0. The van der Waals surface area contributed by atoms with Crippen molar-refractivity contribution in [2.75, 3.05) is 4.90 Å². The van der Waals surface area contributed by atoms with Gasteiger partial charge in [-0.1, -0.05) is 196 Å². The smallest absolute Gasteiger partial charge is 0.143 e. The molecule has 2 aliphatic rings. The minimum absolute atomic E-state index is 0.175. The summed E-state index contributed by atoms with van der Waals surface area (Å²) < 4.78 is 6.92. The van der Waals surface area contributed by atoms with E-state index >= 15 is 0 Å². The van der Waals surface area contributed by atoms with Gasteiger partial charge in [-0.05, 0) is 109 Å². The Morgan fingerprint density at radius 2 is 0.875 bits per heavy atom. The topological polar surface area (TPSA) is 16.4 Å². The van der Waals surface area contributed by atoms with Crippen molar-refractivity contribution in [1.29, 1.82) is 0 Å². The van der Waals surface area contributed by atoms with Gasteiger partial charge in [0.25, 0.3) is 0 Å². The molecule has 10 aromatic carbocycles. The van der Waals surface area contributed by atoms with Crippen molar-refractivity contribution in [3.8, 4) is 33.4 Å². The first-order chi connectivity index (χ1) is 31.5. The SMILES string of the molecule is CC1(C)c2ccccc2-c2ccc(N(c3ccc4c(c3)C(c3ccccc3)(c3ccccc3)c3ccccc3-4)c3ccccc3-c3cccc4c3oc3cc5ccccc5cc34)cc21. The van der Waals surface area contributed by atoms with Crippen molar-refractivity contribution >= 4 is 49.8 Å². The van der Waals surface area contributed by atoms with Crippen molar-refractivity contribution in [2.24, 2.45) is 0 Å². The average Bonchev–Trinajstić information content (AvgIpc) is 3.94. The van der Waals surface area contributed by atoms with Crippen molar-refractivity contribution in [3.63, 3.8) is 0 Å². The molecule has 1 heterocycles. The quantitative estimate of drug-likeness (QED) is 0.166. The largest absolute Gasteiger partial charge is 0.455 e. The van der Waals surface area contributed by atoms with Crippen LogP contribution in [-0.4, -0.2) is 0 Å². The van der Waals surface area contributed by atoms with Gasteiger partial charge in [0, 0.05) is 38.7 Å². The molecule has 0 N–H and O–H groups in total. The fourth-order valence-corrected chi connectivity index (χ4v) is 11.4. The molecule has 11 aromatic rings. The minimum Gasteiger partial charge on any atom is -0.455 e. The lowest BCUT2D eigenvalue weighted by Gasteiger charge is -2.35. The number of para-hydroxylation sites is 2. The molecular formula is C62H43NO. The molecule has 0 saturated carbocycles. The van der Waals surface area contributed by atoms with Crippen LogP contribution in [0.5, 0.6) is 0 Å². The molecule has 302 valence electrons. The van der Waals surface area contributed by atoms with Crippen LogP contribution >= 0.6 is 0 Å². The maximum absolute atomic E-state index is 6.92. The van der Waals surface area contributed by atoms with Crippen LogP contribution in [0.3, 0.4) is 0 Å².